The van der Waals surface area contributed by atoms with Crippen LogP contribution >= 0.6 is 0 Å². The number of rotatable bonds is 7. The Labute approximate surface area is 65.9 Å². The van der Waals surface area contributed by atoms with Gasteiger partial charge in [0.2, 0.25) is 0 Å². The molecule has 2 nitrogen and oxygen atoms in total. The van der Waals surface area contributed by atoms with Crippen molar-refractivity contribution in [1.82, 2.24) is 0 Å². The maximum Gasteiger partial charge on any atom is 0.161 e. The van der Waals surface area contributed by atoms with Crippen molar-refractivity contribution in [2.75, 3.05) is 20.3 Å². The van der Waals surface area contributed by atoms with Gasteiger partial charge < -0.3 is 9.16 Å². The Morgan fingerprint density at radius 2 is 2.10 bits per heavy atom. The van der Waals surface area contributed by atoms with Crippen LogP contribution in [0.3, 0.4) is 0 Å². The summed E-state index contributed by atoms with van der Waals surface area (Å²) < 4.78 is 10.3. The number of hydrogen-bond acceptors (Lipinski definition) is 2. The van der Waals surface area contributed by atoms with Crippen molar-refractivity contribution in [3.8, 4) is 0 Å². The maximum atomic E-state index is 5.30. The van der Waals surface area contributed by atoms with Gasteiger partial charge in [-0.1, -0.05) is 6.92 Å². The summed E-state index contributed by atoms with van der Waals surface area (Å²) in [7, 11) is 1.60. The number of hydrogen-bond donors (Lipinski definition) is 0. The molecule has 0 saturated carbocycles. The molecule has 3 heteroatoms. The molecule has 0 fully saturated rings. The number of ether oxygens (including phenoxy) is 1. The first-order valence-electron chi connectivity index (χ1n) is 3.98. The molecule has 0 aliphatic rings. The molecule has 0 heterocycles. The van der Waals surface area contributed by atoms with E-state index in [2.05, 4.69) is 6.92 Å². The molecule has 0 saturated heterocycles. The van der Waals surface area contributed by atoms with Gasteiger partial charge in [0, 0.05) is 20.3 Å². The molecule has 0 aromatic rings. The highest BCUT2D eigenvalue weighted by Gasteiger charge is 1.88. The highest BCUT2D eigenvalue weighted by molar-refractivity contribution is 6.26. The van der Waals surface area contributed by atoms with E-state index in [1.54, 1.807) is 7.11 Å². The average molecular weight is 162 g/mol. The Bertz CT molecular complexity index is 51.6. The lowest BCUT2D eigenvalue weighted by molar-refractivity contribution is 0.135. The molecule has 0 aliphatic carbocycles. The summed E-state index contributed by atoms with van der Waals surface area (Å²) in [6, 6.07) is 1.25. The van der Waals surface area contributed by atoms with Crippen LogP contribution in [0.1, 0.15) is 19.8 Å². The molecular weight excluding hydrogens is 144 g/mol. The molecule has 0 aromatic carbocycles. The van der Waals surface area contributed by atoms with E-state index in [9.17, 15) is 0 Å². The van der Waals surface area contributed by atoms with Crippen LogP contribution in [0.2, 0.25) is 6.04 Å². The normalized spacial score (nSPS) is 11.4. The first-order valence-corrected chi connectivity index (χ1v) is 5.56. The van der Waals surface area contributed by atoms with Gasteiger partial charge in [-0.2, -0.15) is 0 Å². The quantitative estimate of drug-likeness (QED) is 0.410. The van der Waals surface area contributed by atoms with Crippen molar-refractivity contribution >= 4 is 9.76 Å². The van der Waals surface area contributed by atoms with E-state index in [-0.39, 0.29) is 9.76 Å². The van der Waals surface area contributed by atoms with Gasteiger partial charge in [-0.05, 0) is 18.9 Å². The Balaban J connectivity index is 2.65. The highest BCUT2D eigenvalue weighted by atomic mass is 28.2. The molecule has 0 amide bonds. The van der Waals surface area contributed by atoms with E-state index in [4.69, 9.17) is 9.16 Å². The molecule has 0 bridgehead atoms. The van der Waals surface area contributed by atoms with E-state index in [0.717, 1.165) is 19.6 Å². The smallest absolute Gasteiger partial charge is 0.161 e. The minimum absolute atomic E-state index is 0.193. The predicted octanol–water partition coefficient (Wildman–Crippen LogP) is 0.952. The van der Waals surface area contributed by atoms with Gasteiger partial charge in [0.25, 0.3) is 0 Å². The van der Waals surface area contributed by atoms with Crippen LogP contribution in [0.5, 0.6) is 0 Å². The first kappa shape index (κ1) is 10.1. The monoisotopic (exact) mass is 162 g/mol. The lowest BCUT2D eigenvalue weighted by Crippen LogP contribution is -1.99. The zero-order valence-electron chi connectivity index (χ0n) is 7.06. The maximum absolute atomic E-state index is 5.30. The van der Waals surface area contributed by atoms with E-state index < -0.39 is 0 Å². The van der Waals surface area contributed by atoms with Gasteiger partial charge in [0.1, 0.15) is 0 Å². The largest absolute Gasteiger partial charge is 0.427 e. The lowest BCUT2D eigenvalue weighted by atomic mass is 10.5. The van der Waals surface area contributed by atoms with Crippen LogP contribution in [0.4, 0.5) is 0 Å². The van der Waals surface area contributed by atoms with Crippen LogP contribution in [-0.4, -0.2) is 30.1 Å². The van der Waals surface area contributed by atoms with Crippen molar-refractivity contribution in [2.45, 2.75) is 25.8 Å². The third-order valence-electron chi connectivity index (χ3n) is 1.24. The molecule has 0 radical (unpaired) electrons. The Morgan fingerprint density at radius 3 is 2.70 bits per heavy atom. The average Bonchev–Trinajstić information content (AvgIpc) is 1.97. The summed E-state index contributed by atoms with van der Waals surface area (Å²) in [5.41, 5.74) is 0. The van der Waals surface area contributed by atoms with Gasteiger partial charge in [0.05, 0.1) is 0 Å². The van der Waals surface area contributed by atoms with Gasteiger partial charge in [-0.25, -0.2) is 0 Å². The van der Waals surface area contributed by atoms with E-state index in [0.29, 0.717) is 0 Å². The van der Waals surface area contributed by atoms with Crippen LogP contribution in [0.25, 0.3) is 0 Å². The molecule has 62 valence electrons. The minimum Gasteiger partial charge on any atom is -0.427 e. The van der Waals surface area contributed by atoms with Gasteiger partial charge in [-0.3, -0.25) is 0 Å². The second-order valence-electron chi connectivity index (χ2n) is 2.31. The van der Waals surface area contributed by atoms with Crippen molar-refractivity contribution < 1.29 is 9.16 Å². The summed E-state index contributed by atoms with van der Waals surface area (Å²) in [4.78, 5) is 0. The summed E-state index contributed by atoms with van der Waals surface area (Å²) in [6.45, 7) is 3.96. The molecule has 0 rings (SSSR count). The highest BCUT2D eigenvalue weighted by Crippen LogP contribution is 1.90. The summed E-state index contributed by atoms with van der Waals surface area (Å²) in [5.74, 6) is 0. The van der Waals surface area contributed by atoms with Crippen LogP contribution < -0.4 is 0 Å². The zero-order valence-corrected chi connectivity index (χ0v) is 8.47. The van der Waals surface area contributed by atoms with Crippen molar-refractivity contribution in [1.29, 1.82) is 0 Å². The first-order chi connectivity index (χ1) is 4.91. The summed E-state index contributed by atoms with van der Waals surface area (Å²) in [6.07, 6.45) is 2.31. The van der Waals surface area contributed by atoms with Crippen LogP contribution in [0.15, 0.2) is 0 Å². The van der Waals surface area contributed by atoms with Crippen molar-refractivity contribution in [2.24, 2.45) is 0 Å². The van der Waals surface area contributed by atoms with E-state index in [1.807, 2.05) is 0 Å². The Morgan fingerprint density at radius 1 is 1.30 bits per heavy atom. The third kappa shape index (κ3) is 8.14. The SMILES string of the molecule is CCCOCCC[SiH2]OC. The summed E-state index contributed by atoms with van der Waals surface area (Å²) >= 11 is 0. The van der Waals surface area contributed by atoms with Crippen molar-refractivity contribution in [3.63, 3.8) is 0 Å². The molecule has 0 spiro atoms. The fourth-order valence-electron chi connectivity index (χ4n) is 0.697. The van der Waals surface area contributed by atoms with Crippen LogP contribution in [-0.2, 0) is 9.16 Å². The molecule has 10 heavy (non-hydrogen) atoms. The Kier molecular flexibility index (Phi) is 9.26. The molecule has 0 aliphatic heterocycles. The fourth-order valence-corrected chi connectivity index (χ4v) is 1.39. The summed E-state index contributed by atoms with van der Waals surface area (Å²) in [5, 5.41) is 0. The molecular formula is C7H18O2Si. The zero-order chi connectivity index (χ0) is 7.66. The molecule has 0 aromatic heterocycles. The van der Waals surface area contributed by atoms with E-state index in [1.165, 1.54) is 12.5 Å². The topological polar surface area (TPSA) is 18.5 Å². The van der Waals surface area contributed by atoms with E-state index >= 15 is 0 Å². The predicted molar refractivity (Wildman–Crippen MR) is 46.1 cm³/mol. The molecule has 0 atom stereocenters. The standard InChI is InChI=1S/C7H18O2Si/c1-3-5-9-6-4-7-10-8-2/h3-7,10H2,1-2H3. The molecule has 0 N–H and O–H groups in total. The fraction of sp³-hybridized carbons (Fsp3) is 1.00. The second kappa shape index (κ2) is 9.14. The van der Waals surface area contributed by atoms with Gasteiger partial charge in [-0.15, -0.1) is 0 Å². The molecule has 0 unspecified atom stereocenters. The minimum atomic E-state index is -0.193. The third-order valence-corrected chi connectivity index (χ3v) is 2.43. The van der Waals surface area contributed by atoms with Crippen LogP contribution in [0, 0.1) is 0 Å². The van der Waals surface area contributed by atoms with Gasteiger partial charge in [0.15, 0.2) is 9.76 Å². The second-order valence-corrected chi connectivity index (χ2v) is 4.00. The van der Waals surface area contributed by atoms with Gasteiger partial charge >= 0.3 is 0 Å². The van der Waals surface area contributed by atoms with Crippen molar-refractivity contribution in [3.05, 3.63) is 0 Å². The Hall–Kier alpha value is 0.137. The lowest BCUT2D eigenvalue weighted by Gasteiger charge is -2.00.